The lowest BCUT2D eigenvalue weighted by atomic mass is 10.1. The summed E-state index contributed by atoms with van der Waals surface area (Å²) in [5.41, 5.74) is 1.61. The Morgan fingerprint density at radius 3 is 2.19 bits per heavy atom. The number of furan rings is 1. The molecule has 0 fully saturated rings. The lowest BCUT2D eigenvalue weighted by molar-refractivity contribution is 0.0946. The Morgan fingerprint density at radius 2 is 1.59 bits per heavy atom. The fourth-order valence-corrected chi connectivity index (χ4v) is 2.46. The summed E-state index contributed by atoms with van der Waals surface area (Å²) in [5.74, 6) is 0.946. The number of hydrogen-bond donors (Lipinski definition) is 2. The van der Waals surface area contributed by atoms with Gasteiger partial charge in [-0.05, 0) is 67.6 Å². The topological polar surface area (TPSA) is 80.6 Å². The van der Waals surface area contributed by atoms with Crippen molar-refractivity contribution < 1.29 is 18.7 Å². The van der Waals surface area contributed by atoms with Gasteiger partial charge in [0, 0.05) is 16.8 Å². The van der Waals surface area contributed by atoms with Gasteiger partial charge >= 0.3 is 0 Å². The molecule has 2 N–H and O–H groups in total. The summed E-state index contributed by atoms with van der Waals surface area (Å²) in [6.45, 7) is 2.82. The highest BCUT2D eigenvalue weighted by molar-refractivity contribution is 6.05. The summed E-state index contributed by atoms with van der Waals surface area (Å²) in [5, 5.41) is 5.57. The first-order chi connectivity index (χ1) is 13.2. The number of amides is 2. The zero-order valence-electron chi connectivity index (χ0n) is 14.9. The molecule has 6 nitrogen and oxygen atoms in total. The molecular formula is C21H20N2O4. The number of benzene rings is 2. The summed E-state index contributed by atoms with van der Waals surface area (Å²) in [6, 6.07) is 17.2. The molecule has 3 rings (SSSR count). The second-order valence-corrected chi connectivity index (χ2v) is 5.75. The van der Waals surface area contributed by atoms with Crippen LogP contribution in [0.3, 0.4) is 0 Å². The summed E-state index contributed by atoms with van der Waals surface area (Å²) < 4.78 is 10.5. The van der Waals surface area contributed by atoms with E-state index in [-0.39, 0.29) is 11.8 Å². The minimum Gasteiger partial charge on any atom is -0.494 e. The molecule has 27 heavy (non-hydrogen) atoms. The Balaban J connectivity index is 1.57. The zero-order chi connectivity index (χ0) is 19.1. The lowest BCUT2D eigenvalue weighted by Crippen LogP contribution is -2.22. The highest BCUT2D eigenvalue weighted by atomic mass is 16.5. The lowest BCUT2D eigenvalue weighted by Gasteiger charge is -2.08. The second-order valence-electron chi connectivity index (χ2n) is 5.75. The summed E-state index contributed by atoms with van der Waals surface area (Å²) in [6.07, 6.45) is 1.55. The van der Waals surface area contributed by atoms with Crippen LogP contribution in [0.15, 0.2) is 71.3 Å². The van der Waals surface area contributed by atoms with Gasteiger partial charge in [-0.25, -0.2) is 0 Å². The zero-order valence-corrected chi connectivity index (χ0v) is 14.9. The maximum atomic E-state index is 12.3. The smallest absolute Gasteiger partial charge is 0.255 e. The fraction of sp³-hybridized carbons (Fsp3) is 0.143. The Kier molecular flexibility index (Phi) is 5.89. The maximum absolute atomic E-state index is 12.3. The van der Waals surface area contributed by atoms with Crippen LogP contribution in [-0.4, -0.2) is 18.4 Å². The molecule has 0 radical (unpaired) electrons. The molecule has 138 valence electrons. The van der Waals surface area contributed by atoms with Crippen LogP contribution in [0.5, 0.6) is 5.75 Å². The van der Waals surface area contributed by atoms with E-state index in [1.54, 1.807) is 66.9 Å². The average Bonchev–Trinajstić information content (AvgIpc) is 3.21. The van der Waals surface area contributed by atoms with E-state index in [9.17, 15) is 9.59 Å². The normalized spacial score (nSPS) is 10.3. The van der Waals surface area contributed by atoms with Crippen LogP contribution in [0, 0.1) is 0 Å². The molecule has 0 spiro atoms. The molecule has 0 atom stereocenters. The van der Waals surface area contributed by atoms with Crippen LogP contribution in [0.25, 0.3) is 0 Å². The molecule has 0 saturated carbocycles. The maximum Gasteiger partial charge on any atom is 0.255 e. The highest BCUT2D eigenvalue weighted by Gasteiger charge is 2.10. The van der Waals surface area contributed by atoms with Crippen molar-refractivity contribution in [3.63, 3.8) is 0 Å². The van der Waals surface area contributed by atoms with Crippen molar-refractivity contribution in [2.24, 2.45) is 0 Å². The number of ether oxygens (including phenoxy) is 1. The predicted molar refractivity (Wildman–Crippen MR) is 102 cm³/mol. The van der Waals surface area contributed by atoms with Crippen molar-refractivity contribution in [3.05, 3.63) is 83.8 Å². The van der Waals surface area contributed by atoms with Gasteiger partial charge in [0.05, 0.1) is 19.4 Å². The third kappa shape index (κ3) is 4.98. The molecule has 0 bridgehead atoms. The van der Waals surface area contributed by atoms with Gasteiger partial charge in [0.2, 0.25) is 0 Å². The summed E-state index contributed by atoms with van der Waals surface area (Å²) >= 11 is 0. The molecule has 2 amide bonds. The molecule has 1 aromatic heterocycles. The van der Waals surface area contributed by atoms with Gasteiger partial charge in [0.25, 0.3) is 11.8 Å². The van der Waals surface area contributed by atoms with E-state index >= 15 is 0 Å². The molecule has 0 aliphatic carbocycles. The minimum atomic E-state index is -0.248. The van der Waals surface area contributed by atoms with E-state index in [2.05, 4.69) is 10.6 Å². The van der Waals surface area contributed by atoms with Crippen LogP contribution in [0.4, 0.5) is 5.69 Å². The van der Waals surface area contributed by atoms with E-state index in [0.29, 0.717) is 35.7 Å². The first kappa shape index (κ1) is 18.3. The van der Waals surface area contributed by atoms with Gasteiger partial charge < -0.3 is 19.8 Å². The molecular weight excluding hydrogens is 344 g/mol. The van der Waals surface area contributed by atoms with E-state index in [1.165, 1.54) is 0 Å². The first-order valence-corrected chi connectivity index (χ1v) is 8.60. The molecule has 2 aromatic carbocycles. The van der Waals surface area contributed by atoms with E-state index in [4.69, 9.17) is 9.15 Å². The van der Waals surface area contributed by atoms with Gasteiger partial charge in [0.1, 0.15) is 11.5 Å². The summed E-state index contributed by atoms with van der Waals surface area (Å²) in [7, 11) is 0. The van der Waals surface area contributed by atoms with Crippen molar-refractivity contribution in [2.45, 2.75) is 13.5 Å². The molecule has 0 aliphatic rings. The van der Waals surface area contributed by atoms with Crippen molar-refractivity contribution in [1.82, 2.24) is 5.32 Å². The SMILES string of the molecule is CCOc1ccc(NC(=O)c2ccc(C(=O)NCc3ccco3)cc2)cc1. The first-order valence-electron chi connectivity index (χ1n) is 8.60. The van der Waals surface area contributed by atoms with Crippen LogP contribution in [0.1, 0.15) is 33.4 Å². The number of carbonyl (C=O) groups is 2. The van der Waals surface area contributed by atoms with Crippen LogP contribution < -0.4 is 15.4 Å². The third-order valence-electron chi connectivity index (χ3n) is 3.84. The molecule has 0 aliphatic heterocycles. The van der Waals surface area contributed by atoms with Gasteiger partial charge in [-0.15, -0.1) is 0 Å². The number of anilines is 1. The van der Waals surface area contributed by atoms with E-state index in [0.717, 1.165) is 5.75 Å². The molecule has 0 unspecified atom stereocenters. The van der Waals surface area contributed by atoms with Gasteiger partial charge in [-0.1, -0.05) is 0 Å². The molecule has 6 heteroatoms. The standard InChI is InChI=1S/C21H20N2O4/c1-2-26-18-11-9-17(10-12-18)23-21(25)16-7-5-15(6-8-16)20(24)22-14-19-4-3-13-27-19/h3-13H,2,14H2,1H3,(H,22,24)(H,23,25). The summed E-state index contributed by atoms with van der Waals surface area (Å²) in [4.78, 5) is 24.5. The van der Waals surface area contributed by atoms with Crippen molar-refractivity contribution in [1.29, 1.82) is 0 Å². The Hall–Kier alpha value is -3.54. The fourth-order valence-electron chi connectivity index (χ4n) is 2.46. The van der Waals surface area contributed by atoms with E-state index < -0.39 is 0 Å². The Labute approximate surface area is 157 Å². The number of nitrogens with one attached hydrogen (secondary N) is 2. The van der Waals surface area contributed by atoms with Crippen LogP contribution >= 0.6 is 0 Å². The van der Waals surface area contributed by atoms with Gasteiger partial charge in [0.15, 0.2) is 0 Å². The quantitative estimate of drug-likeness (QED) is 0.667. The van der Waals surface area contributed by atoms with Crippen LogP contribution in [-0.2, 0) is 6.54 Å². The minimum absolute atomic E-state index is 0.232. The predicted octanol–water partition coefficient (Wildman–Crippen LogP) is 3.86. The molecule has 3 aromatic rings. The third-order valence-corrected chi connectivity index (χ3v) is 3.84. The number of rotatable bonds is 7. The van der Waals surface area contributed by atoms with Crippen molar-refractivity contribution in [2.75, 3.05) is 11.9 Å². The second kappa shape index (κ2) is 8.71. The largest absolute Gasteiger partial charge is 0.494 e. The Bertz CT molecular complexity index is 885. The van der Waals surface area contributed by atoms with Gasteiger partial charge in [-0.3, -0.25) is 9.59 Å². The van der Waals surface area contributed by atoms with Crippen molar-refractivity contribution in [3.8, 4) is 5.75 Å². The van der Waals surface area contributed by atoms with Crippen molar-refractivity contribution >= 4 is 17.5 Å². The average molecular weight is 364 g/mol. The monoisotopic (exact) mass is 364 g/mol. The highest BCUT2D eigenvalue weighted by Crippen LogP contribution is 2.16. The molecule has 0 saturated heterocycles. The van der Waals surface area contributed by atoms with E-state index in [1.807, 2.05) is 6.92 Å². The number of hydrogen-bond acceptors (Lipinski definition) is 4. The Morgan fingerprint density at radius 1 is 0.926 bits per heavy atom. The van der Waals surface area contributed by atoms with Crippen LogP contribution in [0.2, 0.25) is 0 Å². The number of carbonyl (C=O) groups excluding carboxylic acids is 2. The molecule has 1 heterocycles. The van der Waals surface area contributed by atoms with Gasteiger partial charge in [-0.2, -0.15) is 0 Å².